The highest BCUT2D eigenvalue weighted by molar-refractivity contribution is 7.99. The minimum Gasteiger partial charge on any atom is -0.450 e. The molecule has 0 spiro atoms. The fourth-order valence-corrected chi connectivity index (χ4v) is 6.40. The Bertz CT molecular complexity index is 1200. The van der Waals surface area contributed by atoms with Gasteiger partial charge in [0, 0.05) is 35.5 Å². The van der Waals surface area contributed by atoms with Crippen molar-refractivity contribution < 1.29 is 31.1 Å². The normalized spacial score (nSPS) is 17.8. The number of para-hydroxylation sites is 1. The third-order valence-electron chi connectivity index (χ3n) is 6.01. The molecule has 1 fully saturated rings. The molecule has 4 rings (SSSR count). The number of amides is 1. The van der Waals surface area contributed by atoms with Crippen LogP contribution < -0.4 is 10.6 Å². The largest absolute Gasteiger partial charge is 0.501 e. The maximum atomic E-state index is 13.5. The molecule has 0 saturated carbocycles. The van der Waals surface area contributed by atoms with Crippen LogP contribution in [0.2, 0.25) is 0 Å². The van der Waals surface area contributed by atoms with Crippen LogP contribution in [0.25, 0.3) is 0 Å². The number of hydrogen-bond donors (Lipinski definition) is 2. The number of nitrogens with one attached hydrogen (secondary N) is 2. The molecule has 2 heterocycles. The zero-order valence-electron chi connectivity index (χ0n) is 19.0. The first-order valence-electron chi connectivity index (χ1n) is 11.3. The summed E-state index contributed by atoms with van der Waals surface area (Å²) in [6, 6.07) is 9.60. The highest BCUT2D eigenvalue weighted by atomic mass is 32.2. The number of halogens is 3. The van der Waals surface area contributed by atoms with Crippen LogP contribution in [0.4, 0.5) is 29.3 Å². The molecule has 0 radical (unpaired) electrons. The van der Waals surface area contributed by atoms with Gasteiger partial charge in [0.1, 0.15) is 0 Å². The molecule has 2 aliphatic heterocycles. The first-order valence-corrected chi connectivity index (χ1v) is 13.6. The van der Waals surface area contributed by atoms with Crippen LogP contribution in [0.1, 0.15) is 25.3 Å². The van der Waals surface area contributed by atoms with Gasteiger partial charge in [-0.15, -0.1) is 0 Å². The molecule has 1 saturated heterocycles. The number of nitrogens with zero attached hydrogens (tertiary/aromatic N) is 1. The Balaban J connectivity index is 1.63. The zero-order valence-corrected chi connectivity index (χ0v) is 20.7. The number of alkyl halides is 3. The van der Waals surface area contributed by atoms with E-state index in [1.165, 1.54) is 17.8 Å². The predicted octanol–water partition coefficient (Wildman–Crippen LogP) is 4.94. The Morgan fingerprint density at radius 3 is 2.71 bits per heavy atom. The smallest absolute Gasteiger partial charge is 0.450 e. The van der Waals surface area contributed by atoms with Gasteiger partial charge in [-0.3, -0.25) is 0 Å². The first-order chi connectivity index (χ1) is 16.6. The lowest BCUT2D eigenvalue weighted by Crippen LogP contribution is -2.53. The fourth-order valence-electron chi connectivity index (χ4n) is 4.35. The van der Waals surface area contributed by atoms with Crippen molar-refractivity contribution in [1.82, 2.24) is 10.2 Å². The van der Waals surface area contributed by atoms with E-state index in [2.05, 4.69) is 10.6 Å². The molecule has 0 aromatic heterocycles. The summed E-state index contributed by atoms with van der Waals surface area (Å²) < 4.78 is 70.6. The summed E-state index contributed by atoms with van der Waals surface area (Å²) >= 11 is 1.38. The zero-order chi connectivity index (χ0) is 25.2. The molecule has 2 aromatic carbocycles. The van der Waals surface area contributed by atoms with Crippen LogP contribution in [0, 0.1) is 0 Å². The summed E-state index contributed by atoms with van der Waals surface area (Å²) in [7, 11) is -5.55. The summed E-state index contributed by atoms with van der Waals surface area (Å²) in [5.74, 6) is 0. The number of anilines is 2. The molecule has 7 nitrogen and oxygen atoms in total. The van der Waals surface area contributed by atoms with E-state index >= 15 is 0 Å². The number of benzene rings is 2. The summed E-state index contributed by atoms with van der Waals surface area (Å²) in [5.41, 5.74) is -4.22. The lowest BCUT2D eigenvalue weighted by atomic mass is 10.0. The van der Waals surface area contributed by atoms with Gasteiger partial charge in [-0.05, 0) is 56.0 Å². The SMILES string of the molecule is CCOC(=O)N1CCNCC1CCCc1c(S(=O)(=O)C(F)(F)F)ccc2c1Nc1ccccc1S2. The molecule has 35 heavy (non-hydrogen) atoms. The van der Waals surface area contributed by atoms with Crippen molar-refractivity contribution in [1.29, 1.82) is 0 Å². The molecule has 1 amide bonds. The highest BCUT2D eigenvalue weighted by Crippen LogP contribution is 2.48. The quantitative estimate of drug-likeness (QED) is 0.468. The number of sulfone groups is 1. The lowest BCUT2D eigenvalue weighted by molar-refractivity contribution is -0.0436. The van der Waals surface area contributed by atoms with Crippen LogP contribution in [-0.4, -0.2) is 57.2 Å². The lowest BCUT2D eigenvalue weighted by Gasteiger charge is -2.35. The molecular weight excluding hydrogens is 503 g/mol. The minimum atomic E-state index is -5.55. The van der Waals surface area contributed by atoms with Crippen molar-refractivity contribution >= 4 is 39.1 Å². The number of fused-ring (bicyclic) bond motifs is 2. The van der Waals surface area contributed by atoms with Crippen LogP contribution >= 0.6 is 11.8 Å². The van der Waals surface area contributed by atoms with E-state index in [0.717, 1.165) is 11.0 Å². The standard InChI is InChI=1S/C23H26F3N3O4S2/c1-2-33-22(30)29-13-12-27-14-15(29)6-5-7-16-20(35(31,32)23(24,25)26)11-10-19-21(16)28-17-8-3-4-9-18(17)34-19/h3-4,8-11,15,27-28H,2,5-7,12-14H2,1H3. The molecule has 190 valence electrons. The van der Waals surface area contributed by atoms with Crippen molar-refractivity contribution in [3.63, 3.8) is 0 Å². The van der Waals surface area contributed by atoms with Gasteiger partial charge in [0.2, 0.25) is 0 Å². The van der Waals surface area contributed by atoms with E-state index in [4.69, 9.17) is 4.74 Å². The average Bonchev–Trinajstić information content (AvgIpc) is 2.82. The number of carbonyl (C=O) groups is 1. The first kappa shape index (κ1) is 25.6. The van der Waals surface area contributed by atoms with Crippen molar-refractivity contribution in [2.75, 3.05) is 31.6 Å². The van der Waals surface area contributed by atoms with E-state index in [1.807, 2.05) is 12.1 Å². The maximum Gasteiger partial charge on any atom is 0.501 e. The van der Waals surface area contributed by atoms with Gasteiger partial charge in [0.05, 0.1) is 22.9 Å². The second-order valence-electron chi connectivity index (χ2n) is 8.23. The monoisotopic (exact) mass is 529 g/mol. The van der Waals surface area contributed by atoms with E-state index in [1.54, 1.807) is 24.0 Å². The molecule has 2 aromatic rings. The molecule has 12 heteroatoms. The van der Waals surface area contributed by atoms with Gasteiger partial charge >= 0.3 is 11.6 Å². The van der Waals surface area contributed by atoms with Crippen LogP contribution in [0.15, 0.2) is 51.1 Å². The Hall–Kier alpha value is -2.44. The molecule has 2 N–H and O–H groups in total. The van der Waals surface area contributed by atoms with E-state index < -0.39 is 26.3 Å². The third kappa shape index (κ3) is 5.24. The third-order valence-corrected chi connectivity index (χ3v) is 8.72. The topological polar surface area (TPSA) is 87.7 Å². The van der Waals surface area contributed by atoms with Gasteiger partial charge in [0.25, 0.3) is 9.84 Å². The Morgan fingerprint density at radius 2 is 1.97 bits per heavy atom. The van der Waals surface area contributed by atoms with Crippen LogP contribution in [0.5, 0.6) is 0 Å². The van der Waals surface area contributed by atoms with Crippen LogP contribution in [0.3, 0.4) is 0 Å². The second kappa shape index (κ2) is 10.3. The van der Waals surface area contributed by atoms with Gasteiger partial charge in [-0.1, -0.05) is 23.9 Å². The molecule has 1 atom stereocenters. The molecule has 0 bridgehead atoms. The van der Waals surface area contributed by atoms with Crippen molar-refractivity contribution in [3.05, 3.63) is 42.0 Å². The fraction of sp³-hybridized carbons (Fsp3) is 0.435. The Kier molecular flexibility index (Phi) is 7.53. The van der Waals surface area contributed by atoms with Gasteiger partial charge in [-0.25, -0.2) is 13.2 Å². The van der Waals surface area contributed by atoms with Gasteiger partial charge < -0.3 is 20.3 Å². The molecule has 1 unspecified atom stereocenters. The number of piperazine rings is 1. The maximum absolute atomic E-state index is 13.5. The minimum absolute atomic E-state index is 0.0940. The number of ether oxygens (including phenoxy) is 1. The van der Waals surface area contributed by atoms with Gasteiger partial charge in [0.15, 0.2) is 0 Å². The molecule has 2 aliphatic rings. The summed E-state index contributed by atoms with van der Waals surface area (Å²) in [6.07, 6.45) is 0.528. The van der Waals surface area contributed by atoms with E-state index in [0.29, 0.717) is 48.7 Å². The number of carbonyl (C=O) groups excluding carboxylic acids is 1. The van der Waals surface area contributed by atoms with Gasteiger partial charge in [-0.2, -0.15) is 13.2 Å². The summed E-state index contributed by atoms with van der Waals surface area (Å²) in [6.45, 7) is 3.58. The van der Waals surface area contributed by atoms with Crippen LogP contribution in [-0.2, 0) is 21.0 Å². The highest BCUT2D eigenvalue weighted by Gasteiger charge is 2.48. The average molecular weight is 530 g/mol. The Morgan fingerprint density at radius 1 is 1.20 bits per heavy atom. The Labute approximate surface area is 206 Å². The summed E-state index contributed by atoms with van der Waals surface area (Å²) in [4.78, 5) is 14.8. The molecule has 0 aliphatic carbocycles. The second-order valence-corrected chi connectivity index (χ2v) is 11.2. The van der Waals surface area contributed by atoms with Crippen molar-refractivity contribution in [2.45, 2.75) is 52.4 Å². The molecular formula is C23H26F3N3O4S2. The predicted molar refractivity (Wildman–Crippen MR) is 127 cm³/mol. The number of rotatable bonds is 6. The van der Waals surface area contributed by atoms with E-state index in [9.17, 15) is 26.4 Å². The van der Waals surface area contributed by atoms with Crippen molar-refractivity contribution in [2.24, 2.45) is 0 Å². The van der Waals surface area contributed by atoms with E-state index in [-0.39, 0.29) is 24.6 Å². The number of hydrogen-bond acceptors (Lipinski definition) is 7. The summed E-state index contributed by atoms with van der Waals surface area (Å²) in [5, 5.41) is 6.37. The van der Waals surface area contributed by atoms with Crippen molar-refractivity contribution in [3.8, 4) is 0 Å².